The third-order valence-corrected chi connectivity index (χ3v) is 4.68. The lowest BCUT2D eigenvalue weighted by Gasteiger charge is -2.43. The molecule has 2 aliphatic heterocycles. The zero-order chi connectivity index (χ0) is 13.3. The van der Waals surface area contributed by atoms with Crippen molar-refractivity contribution in [2.75, 3.05) is 33.4 Å². The molecule has 1 aliphatic carbocycles. The summed E-state index contributed by atoms with van der Waals surface area (Å²) < 4.78 is 17.3. The summed E-state index contributed by atoms with van der Waals surface area (Å²) in [4.78, 5) is 2.23. The van der Waals surface area contributed by atoms with E-state index in [1.165, 1.54) is 0 Å². The van der Waals surface area contributed by atoms with Crippen LogP contribution in [-0.4, -0.2) is 67.5 Å². The number of hydrogen-bond acceptors (Lipinski definition) is 5. The molecule has 0 bridgehead atoms. The van der Waals surface area contributed by atoms with Gasteiger partial charge in [0.1, 0.15) is 0 Å². The molecular weight excluding hydrogens is 246 g/mol. The van der Waals surface area contributed by atoms with E-state index in [-0.39, 0.29) is 12.1 Å². The standard InChI is InChI=1S/C14H25NO4/c1-15(10-11-3-2-6-17-11)12-9-14(5-4-13(12)16)18-7-8-19-14/h11-13,16H,2-10H2,1H3. The van der Waals surface area contributed by atoms with E-state index in [1.807, 2.05) is 0 Å². The van der Waals surface area contributed by atoms with E-state index in [0.717, 1.165) is 45.3 Å². The van der Waals surface area contributed by atoms with Crippen molar-refractivity contribution in [1.29, 1.82) is 0 Å². The van der Waals surface area contributed by atoms with Crippen LogP contribution in [0.2, 0.25) is 0 Å². The predicted octanol–water partition coefficient (Wildman–Crippen LogP) is 0.754. The van der Waals surface area contributed by atoms with Crippen LogP contribution in [0.4, 0.5) is 0 Å². The lowest BCUT2D eigenvalue weighted by atomic mass is 9.86. The monoisotopic (exact) mass is 271 g/mol. The van der Waals surface area contributed by atoms with Crippen LogP contribution in [0.1, 0.15) is 32.1 Å². The van der Waals surface area contributed by atoms with Crippen molar-refractivity contribution in [3.63, 3.8) is 0 Å². The quantitative estimate of drug-likeness (QED) is 0.821. The lowest BCUT2D eigenvalue weighted by molar-refractivity contribution is -0.204. The maximum atomic E-state index is 10.3. The maximum absolute atomic E-state index is 10.3. The van der Waals surface area contributed by atoms with Crippen LogP contribution in [0.5, 0.6) is 0 Å². The Morgan fingerprint density at radius 3 is 2.68 bits per heavy atom. The Labute approximate surface area is 114 Å². The third-order valence-electron chi connectivity index (χ3n) is 4.68. The second kappa shape index (κ2) is 5.66. The molecule has 0 aromatic rings. The number of aliphatic hydroxyl groups excluding tert-OH is 1. The van der Waals surface area contributed by atoms with Gasteiger partial charge in [-0.05, 0) is 26.3 Å². The van der Waals surface area contributed by atoms with Gasteiger partial charge in [0.05, 0.1) is 25.4 Å². The smallest absolute Gasteiger partial charge is 0.170 e. The average molecular weight is 271 g/mol. The number of ether oxygens (including phenoxy) is 3. The summed E-state index contributed by atoms with van der Waals surface area (Å²) in [5.74, 6) is -0.436. The maximum Gasteiger partial charge on any atom is 0.170 e. The lowest BCUT2D eigenvalue weighted by Crippen LogP contribution is -2.53. The third kappa shape index (κ3) is 2.95. The number of rotatable bonds is 3. The minimum atomic E-state index is -0.436. The van der Waals surface area contributed by atoms with Gasteiger partial charge < -0.3 is 19.3 Å². The molecule has 2 heterocycles. The van der Waals surface area contributed by atoms with Gasteiger partial charge in [-0.3, -0.25) is 4.90 Å². The van der Waals surface area contributed by atoms with Crippen LogP contribution in [0, 0.1) is 0 Å². The molecule has 0 aromatic carbocycles. The van der Waals surface area contributed by atoms with Crippen LogP contribution < -0.4 is 0 Å². The van der Waals surface area contributed by atoms with Crippen molar-refractivity contribution in [1.82, 2.24) is 4.90 Å². The Morgan fingerprint density at radius 1 is 1.21 bits per heavy atom. The molecule has 0 aromatic heterocycles. The minimum Gasteiger partial charge on any atom is -0.391 e. The first-order valence-corrected chi connectivity index (χ1v) is 7.46. The Kier molecular flexibility index (Phi) is 4.10. The Morgan fingerprint density at radius 2 is 2.00 bits per heavy atom. The summed E-state index contributed by atoms with van der Waals surface area (Å²) >= 11 is 0. The summed E-state index contributed by atoms with van der Waals surface area (Å²) in [6.07, 6.45) is 4.63. The largest absolute Gasteiger partial charge is 0.391 e. The molecule has 5 nitrogen and oxygen atoms in total. The molecule has 1 saturated carbocycles. The summed E-state index contributed by atoms with van der Waals surface area (Å²) in [6.45, 7) is 3.12. The highest BCUT2D eigenvalue weighted by Crippen LogP contribution is 2.37. The van der Waals surface area contributed by atoms with E-state index in [2.05, 4.69) is 11.9 Å². The second-order valence-corrected chi connectivity index (χ2v) is 6.06. The summed E-state index contributed by atoms with van der Waals surface area (Å²) in [5.41, 5.74) is 0. The SMILES string of the molecule is CN(CC1CCCO1)C1CC2(CCC1O)OCCO2. The normalized spacial score (nSPS) is 38.4. The van der Waals surface area contributed by atoms with Gasteiger partial charge in [0.25, 0.3) is 0 Å². The van der Waals surface area contributed by atoms with Crippen molar-refractivity contribution in [2.24, 2.45) is 0 Å². The molecule has 3 fully saturated rings. The van der Waals surface area contributed by atoms with Crippen molar-refractivity contribution < 1.29 is 19.3 Å². The summed E-state index contributed by atoms with van der Waals surface area (Å²) in [5, 5.41) is 10.3. The Balaban J connectivity index is 1.60. The Hall–Kier alpha value is -0.200. The van der Waals surface area contributed by atoms with Crippen molar-refractivity contribution in [3.8, 4) is 0 Å². The van der Waals surface area contributed by atoms with Gasteiger partial charge in [-0.2, -0.15) is 0 Å². The molecule has 5 heteroatoms. The molecule has 110 valence electrons. The highest BCUT2D eigenvalue weighted by atomic mass is 16.7. The van der Waals surface area contributed by atoms with Gasteiger partial charge in [0.2, 0.25) is 0 Å². The first-order chi connectivity index (χ1) is 9.19. The fraction of sp³-hybridized carbons (Fsp3) is 1.00. The minimum absolute atomic E-state index is 0.107. The van der Waals surface area contributed by atoms with Gasteiger partial charge >= 0.3 is 0 Å². The fourth-order valence-corrected chi connectivity index (χ4v) is 3.57. The van der Waals surface area contributed by atoms with Crippen LogP contribution >= 0.6 is 0 Å². The summed E-state index contributed by atoms with van der Waals surface area (Å²) in [6, 6.07) is 0.107. The molecule has 3 unspecified atom stereocenters. The summed E-state index contributed by atoms with van der Waals surface area (Å²) in [7, 11) is 2.07. The van der Waals surface area contributed by atoms with E-state index in [1.54, 1.807) is 0 Å². The van der Waals surface area contributed by atoms with Gasteiger partial charge in [0.15, 0.2) is 5.79 Å². The molecule has 1 N–H and O–H groups in total. The first-order valence-electron chi connectivity index (χ1n) is 7.46. The topological polar surface area (TPSA) is 51.2 Å². The molecule has 3 atom stereocenters. The van der Waals surface area contributed by atoms with Crippen LogP contribution in [0.15, 0.2) is 0 Å². The predicted molar refractivity (Wildman–Crippen MR) is 69.9 cm³/mol. The highest BCUT2D eigenvalue weighted by Gasteiger charge is 2.46. The zero-order valence-corrected chi connectivity index (χ0v) is 11.7. The molecular formula is C14H25NO4. The molecule has 0 amide bonds. The molecule has 3 aliphatic rings. The van der Waals surface area contributed by atoms with E-state index < -0.39 is 5.79 Å². The van der Waals surface area contributed by atoms with Gasteiger partial charge in [-0.25, -0.2) is 0 Å². The number of likely N-dealkylation sites (N-methyl/N-ethyl adjacent to an activating group) is 1. The van der Waals surface area contributed by atoms with E-state index in [4.69, 9.17) is 14.2 Å². The van der Waals surface area contributed by atoms with Crippen LogP contribution in [-0.2, 0) is 14.2 Å². The fourth-order valence-electron chi connectivity index (χ4n) is 3.57. The van der Waals surface area contributed by atoms with Crippen molar-refractivity contribution >= 4 is 0 Å². The van der Waals surface area contributed by atoms with Crippen LogP contribution in [0.3, 0.4) is 0 Å². The average Bonchev–Trinajstić information content (AvgIpc) is 3.05. The van der Waals surface area contributed by atoms with Crippen molar-refractivity contribution in [2.45, 2.75) is 56.1 Å². The van der Waals surface area contributed by atoms with Gasteiger partial charge in [-0.15, -0.1) is 0 Å². The number of hydrogen-bond donors (Lipinski definition) is 1. The molecule has 0 radical (unpaired) electrons. The van der Waals surface area contributed by atoms with E-state index in [9.17, 15) is 5.11 Å². The van der Waals surface area contributed by atoms with Crippen molar-refractivity contribution in [3.05, 3.63) is 0 Å². The molecule has 1 spiro atoms. The van der Waals surface area contributed by atoms with Gasteiger partial charge in [0, 0.05) is 32.0 Å². The molecule has 19 heavy (non-hydrogen) atoms. The Bertz CT molecular complexity index is 300. The molecule has 2 saturated heterocycles. The number of nitrogens with zero attached hydrogens (tertiary/aromatic N) is 1. The first kappa shape index (κ1) is 13.8. The highest BCUT2D eigenvalue weighted by molar-refractivity contribution is 4.93. The molecule has 3 rings (SSSR count). The number of aliphatic hydroxyl groups is 1. The van der Waals surface area contributed by atoms with Crippen LogP contribution in [0.25, 0.3) is 0 Å². The van der Waals surface area contributed by atoms with E-state index >= 15 is 0 Å². The zero-order valence-electron chi connectivity index (χ0n) is 11.7. The van der Waals surface area contributed by atoms with E-state index in [0.29, 0.717) is 19.3 Å². The van der Waals surface area contributed by atoms with Gasteiger partial charge in [-0.1, -0.05) is 0 Å². The second-order valence-electron chi connectivity index (χ2n) is 6.06.